The van der Waals surface area contributed by atoms with Crippen LogP contribution in [0.2, 0.25) is 0 Å². The summed E-state index contributed by atoms with van der Waals surface area (Å²) < 4.78 is 0. The van der Waals surface area contributed by atoms with Gasteiger partial charge < -0.3 is 10.2 Å². The van der Waals surface area contributed by atoms with E-state index in [1.807, 2.05) is 11.9 Å². The molecule has 0 spiro atoms. The Labute approximate surface area is 112 Å². The summed E-state index contributed by atoms with van der Waals surface area (Å²) in [5, 5.41) is 3.37. The average Bonchev–Trinajstić information content (AvgIpc) is 2.34. The van der Waals surface area contributed by atoms with E-state index in [-0.39, 0.29) is 11.5 Å². The van der Waals surface area contributed by atoms with Gasteiger partial charge >= 0.3 is 0 Å². The lowest BCUT2D eigenvalue weighted by Gasteiger charge is -2.35. The number of piperidine rings is 1. The van der Waals surface area contributed by atoms with Gasteiger partial charge in [-0.1, -0.05) is 20.8 Å². The minimum Gasteiger partial charge on any atom is -0.343 e. The molecule has 0 saturated carbocycles. The summed E-state index contributed by atoms with van der Waals surface area (Å²) in [6.45, 7) is 10.9. The summed E-state index contributed by atoms with van der Waals surface area (Å²) >= 11 is 0. The first kappa shape index (κ1) is 15.5. The Bertz CT molecular complexity index is 264. The summed E-state index contributed by atoms with van der Waals surface area (Å²) in [5.41, 5.74) is 0.152. The van der Waals surface area contributed by atoms with Crippen molar-refractivity contribution in [1.29, 1.82) is 0 Å². The highest BCUT2D eigenvalue weighted by molar-refractivity contribution is 5.76. The number of carbonyl (C=O) groups is 1. The highest BCUT2D eigenvalue weighted by Crippen LogP contribution is 2.24. The van der Waals surface area contributed by atoms with Crippen LogP contribution in [-0.2, 0) is 4.79 Å². The highest BCUT2D eigenvalue weighted by atomic mass is 16.2. The molecule has 0 aromatic heterocycles. The number of hydrogen-bond acceptors (Lipinski definition) is 2. The molecule has 1 aliphatic heterocycles. The molecular weight excluding hydrogens is 224 g/mol. The van der Waals surface area contributed by atoms with E-state index in [2.05, 4.69) is 33.0 Å². The lowest BCUT2D eigenvalue weighted by atomic mass is 9.86. The van der Waals surface area contributed by atoms with Crippen LogP contribution in [0, 0.1) is 11.3 Å². The third kappa shape index (κ3) is 4.60. The molecule has 1 amide bonds. The summed E-state index contributed by atoms with van der Waals surface area (Å²) in [4.78, 5) is 14.1. The van der Waals surface area contributed by atoms with Gasteiger partial charge in [-0.2, -0.15) is 0 Å². The molecule has 1 rings (SSSR count). The highest BCUT2D eigenvalue weighted by Gasteiger charge is 2.27. The Kier molecular flexibility index (Phi) is 5.64. The second-order valence-corrected chi connectivity index (χ2v) is 6.78. The molecule has 0 bridgehead atoms. The minimum absolute atomic E-state index is 0.152. The molecule has 0 aliphatic carbocycles. The molecule has 1 saturated heterocycles. The molecule has 0 radical (unpaired) electrons. The minimum atomic E-state index is 0.152. The van der Waals surface area contributed by atoms with Crippen LogP contribution < -0.4 is 5.32 Å². The molecule has 1 fully saturated rings. The normalized spacial score (nSPS) is 19.6. The second kappa shape index (κ2) is 6.55. The van der Waals surface area contributed by atoms with E-state index in [1.165, 1.54) is 12.8 Å². The van der Waals surface area contributed by atoms with Crippen molar-refractivity contribution in [2.75, 3.05) is 20.1 Å². The lowest BCUT2D eigenvalue weighted by molar-refractivity contribution is -0.134. The Morgan fingerprint density at radius 3 is 2.39 bits per heavy atom. The molecule has 3 heteroatoms. The van der Waals surface area contributed by atoms with Crippen LogP contribution in [-0.4, -0.2) is 37.0 Å². The van der Waals surface area contributed by atoms with E-state index in [0.29, 0.717) is 12.3 Å². The zero-order valence-corrected chi connectivity index (χ0v) is 12.8. The molecule has 3 nitrogen and oxygen atoms in total. The van der Waals surface area contributed by atoms with Crippen LogP contribution in [0.4, 0.5) is 0 Å². The van der Waals surface area contributed by atoms with Gasteiger partial charge in [0, 0.05) is 19.5 Å². The van der Waals surface area contributed by atoms with Crippen molar-refractivity contribution in [1.82, 2.24) is 10.2 Å². The monoisotopic (exact) mass is 254 g/mol. The van der Waals surface area contributed by atoms with E-state index in [1.54, 1.807) is 0 Å². The predicted molar refractivity (Wildman–Crippen MR) is 76.5 cm³/mol. The smallest absolute Gasteiger partial charge is 0.222 e. The summed E-state index contributed by atoms with van der Waals surface area (Å²) in [6.07, 6.45) is 4.22. The van der Waals surface area contributed by atoms with Crippen LogP contribution in [0.5, 0.6) is 0 Å². The lowest BCUT2D eigenvalue weighted by Crippen LogP contribution is -2.43. The predicted octanol–water partition coefficient (Wildman–Crippen LogP) is 2.66. The van der Waals surface area contributed by atoms with Crippen molar-refractivity contribution in [3.05, 3.63) is 0 Å². The van der Waals surface area contributed by atoms with Gasteiger partial charge in [0.1, 0.15) is 0 Å². The SMILES string of the molecule is CC(N(C)C(=O)CCC1CCNCC1)C(C)(C)C. The number of amides is 1. The van der Waals surface area contributed by atoms with Crippen LogP contribution in [0.15, 0.2) is 0 Å². The average molecular weight is 254 g/mol. The molecular formula is C15H30N2O. The van der Waals surface area contributed by atoms with Crippen molar-refractivity contribution in [2.45, 2.75) is 59.4 Å². The van der Waals surface area contributed by atoms with Gasteiger partial charge in [-0.3, -0.25) is 4.79 Å². The van der Waals surface area contributed by atoms with Crippen molar-refractivity contribution >= 4 is 5.91 Å². The fourth-order valence-electron chi connectivity index (χ4n) is 2.47. The number of carbonyl (C=O) groups excluding carboxylic acids is 1. The van der Waals surface area contributed by atoms with E-state index >= 15 is 0 Å². The van der Waals surface area contributed by atoms with Gasteiger partial charge in [0.05, 0.1) is 0 Å². The van der Waals surface area contributed by atoms with E-state index in [0.717, 1.165) is 25.4 Å². The van der Waals surface area contributed by atoms with Crippen molar-refractivity contribution in [3.63, 3.8) is 0 Å². The largest absolute Gasteiger partial charge is 0.343 e. The first-order chi connectivity index (χ1) is 8.32. The van der Waals surface area contributed by atoms with Crippen LogP contribution in [0.1, 0.15) is 53.4 Å². The summed E-state index contributed by atoms with van der Waals surface area (Å²) in [7, 11) is 1.95. The van der Waals surface area contributed by atoms with Gasteiger partial charge in [-0.15, -0.1) is 0 Å². The zero-order chi connectivity index (χ0) is 13.8. The standard InChI is InChI=1S/C15H30N2O/c1-12(15(2,3)4)17(5)14(18)7-6-13-8-10-16-11-9-13/h12-13,16H,6-11H2,1-5H3. The number of nitrogens with one attached hydrogen (secondary N) is 1. The topological polar surface area (TPSA) is 32.3 Å². The molecule has 1 aliphatic rings. The first-order valence-corrected chi connectivity index (χ1v) is 7.28. The van der Waals surface area contributed by atoms with E-state index < -0.39 is 0 Å². The Balaban J connectivity index is 2.35. The number of nitrogens with zero attached hydrogens (tertiary/aromatic N) is 1. The third-order valence-electron chi connectivity index (χ3n) is 4.45. The quantitative estimate of drug-likeness (QED) is 0.836. The van der Waals surface area contributed by atoms with Crippen LogP contribution in [0.3, 0.4) is 0 Å². The molecule has 106 valence electrons. The molecule has 1 heterocycles. The van der Waals surface area contributed by atoms with E-state index in [4.69, 9.17) is 0 Å². The molecule has 0 aromatic rings. The van der Waals surface area contributed by atoms with Crippen LogP contribution >= 0.6 is 0 Å². The van der Waals surface area contributed by atoms with Crippen molar-refractivity contribution < 1.29 is 4.79 Å². The molecule has 1 unspecified atom stereocenters. The fraction of sp³-hybridized carbons (Fsp3) is 0.933. The maximum absolute atomic E-state index is 12.2. The molecule has 18 heavy (non-hydrogen) atoms. The van der Waals surface area contributed by atoms with Gasteiger partial charge in [-0.05, 0) is 50.6 Å². The van der Waals surface area contributed by atoms with Crippen molar-refractivity contribution in [2.24, 2.45) is 11.3 Å². The van der Waals surface area contributed by atoms with Gasteiger partial charge in [0.25, 0.3) is 0 Å². The number of rotatable bonds is 4. The summed E-state index contributed by atoms with van der Waals surface area (Å²) in [5.74, 6) is 1.05. The Hall–Kier alpha value is -0.570. The molecule has 1 atom stereocenters. The molecule has 0 aromatic carbocycles. The maximum Gasteiger partial charge on any atom is 0.222 e. The van der Waals surface area contributed by atoms with Gasteiger partial charge in [0.2, 0.25) is 5.91 Å². The molecule has 1 N–H and O–H groups in total. The van der Waals surface area contributed by atoms with Gasteiger partial charge in [0.15, 0.2) is 0 Å². The Morgan fingerprint density at radius 2 is 1.89 bits per heavy atom. The van der Waals surface area contributed by atoms with Gasteiger partial charge in [-0.25, -0.2) is 0 Å². The third-order valence-corrected chi connectivity index (χ3v) is 4.45. The fourth-order valence-corrected chi connectivity index (χ4v) is 2.47. The second-order valence-electron chi connectivity index (χ2n) is 6.78. The number of hydrogen-bond donors (Lipinski definition) is 1. The first-order valence-electron chi connectivity index (χ1n) is 7.28. The zero-order valence-electron chi connectivity index (χ0n) is 12.8. The van der Waals surface area contributed by atoms with Crippen molar-refractivity contribution in [3.8, 4) is 0 Å². The van der Waals surface area contributed by atoms with Crippen LogP contribution in [0.25, 0.3) is 0 Å². The Morgan fingerprint density at radius 1 is 1.33 bits per heavy atom. The maximum atomic E-state index is 12.2. The van der Waals surface area contributed by atoms with E-state index in [9.17, 15) is 4.79 Å². The summed E-state index contributed by atoms with van der Waals surface area (Å²) in [6, 6.07) is 0.290.